The Hall–Kier alpha value is -3.38. The van der Waals surface area contributed by atoms with E-state index >= 15 is 4.39 Å². The summed E-state index contributed by atoms with van der Waals surface area (Å²) >= 11 is 6.14. The number of amides is 1. The lowest BCUT2D eigenvalue weighted by Crippen LogP contribution is -2.49. The number of imidazole rings is 1. The molecule has 266 valence electrons. The van der Waals surface area contributed by atoms with Gasteiger partial charge in [0.25, 0.3) is 5.91 Å². The van der Waals surface area contributed by atoms with Gasteiger partial charge in [-0.1, -0.05) is 42.8 Å². The zero-order valence-corrected chi connectivity index (χ0v) is 30.1. The summed E-state index contributed by atoms with van der Waals surface area (Å²) in [7, 11) is -4.03. The average molecular weight is 724 g/mol. The van der Waals surface area contributed by atoms with E-state index in [-0.39, 0.29) is 33.3 Å². The van der Waals surface area contributed by atoms with Crippen LogP contribution in [0.1, 0.15) is 86.1 Å². The first-order valence-electron chi connectivity index (χ1n) is 17.7. The molecule has 3 saturated heterocycles. The van der Waals surface area contributed by atoms with Gasteiger partial charge in [-0.15, -0.1) is 0 Å². The van der Waals surface area contributed by atoms with Gasteiger partial charge in [-0.25, -0.2) is 26.9 Å². The number of piperidine rings is 2. The molecule has 3 atom stereocenters. The third-order valence-corrected chi connectivity index (χ3v) is 13.3. The highest BCUT2D eigenvalue weighted by Gasteiger charge is 2.44. The molecule has 3 fully saturated rings. The number of fused-ring (bicyclic) bond motifs is 3. The summed E-state index contributed by atoms with van der Waals surface area (Å²) in [5, 5.41) is -0.280. The number of aryl methyl sites for hydroxylation is 1. The first-order chi connectivity index (χ1) is 24.0. The Labute approximate surface area is 297 Å². The summed E-state index contributed by atoms with van der Waals surface area (Å²) < 4.78 is 60.4. The molecule has 3 aliphatic heterocycles. The van der Waals surface area contributed by atoms with Gasteiger partial charge in [0.05, 0.1) is 21.6 Å². The third kappa shape index (κ3) is 6.58. The molecule has 3 aliphatic rings. The van der Waals surface area contributed by atoms with Crippen molar-refractivity contribution in [2.24, 2.45) is 0 Å². The van der Waals surface area contributed by atoms with E-state index < -0.39 is 21.7 Å². The van der Waals surface area contributed by atoms with Crippen molar-refractivity contribution >= 4 is 38.6 Å². The Bertz CT molecular complexity index is 2000. The van der Waals surface area contributed by atoms with Crippen molar-refractivity contribution in [1.29, 1.82) is 0 Å². The summed E-state index contributed by atoms with van der Waals surface area (Å²) in [6.07, 6.45) is 6.95. The Morgan fingerprint density at radius 1 is 1.00 bits per heavy atom. The van der Waals surface area contributed by atoms with E-state index in [0.29, 0.717) is 50.5 Å². The molecule has 0 spiro atoms. The quantitative estimate of drug-likeness (QED) is 0.184. The number of nitrogens with one attached hydrogen (secondary N) is 1. The molecule has 0 radical (unpaired) electrons. The highest BCUT2D eigenvalue weighted by Crippen LogP contribution is 2.45. The lowest BCUT2D eigenvalue weighted by Gasteiger charge is -2.45. The van der Waals surface area contributed by atoms with Gasteiger partial charge in [0.2, 0.25) is 10.0 Å². The molecule has 1 amide bonds. The summed E-state index contributed by atoms with van der Waals surface area (Å²) in [6, 6.07) is 18.4. The van der Waals surface area contributed by atoms with Crippen LogP contribution in [0.2, 0.25) is 5.02 Å². The van der Waals surface area contributed by atoms with Crippen LogP contribution in [0.25, 0.3) is 11.0 Å². The van der Waals surface area contributed by atoms with Crippen molar-refractivity contribution in [3.05, 3.63) is 94.3 Å². The van der Waals surface area contributed by atoms with Gasteiger partial charge in [0.15, 0.2) is 0 Å². The highest BCUT2D eigenvalue weighted by atomic mass is 35.5. The molecule has 1 aromatic heterocycles. The molecule has 4 heterocycles. The maximum Gasteiger partial charge on any atom is 0.256 e. The van der Waals surface area contributed by atoms with Crippen molar-refractivity contribution in [3.8, 4) is 0 Å². The SMILES string of the molecule is CCCNS(=O)(=O)c1cc(C(=O)N2CCC(CCN3[C@@H]4CC[C@H]3CC(n3c(C)nc5ccccc53)C4)(c3cccc(F)c3)CC2)c(F)cc1Cl. The second-order valence-electron chi connectivity index (χ2n) is 14.3. The number of hydrogen-bond donors (Lipinski definition) is 1. The number of aromatic nitrogens is 2. The Balaban J connectivity index is 1.08. The van der Waals surface area contributed by atoms with Crippen molar-refractivity contribution in [2.75, 3.05) is 26.2 Å². The van der Waals surface area contributed by atoms with Gasteiger partial charge in [0.1, 0.15) is 22.4 Å². The number of halogens is 3. The lowest BCUT2D eigenvalue weighted by molar-refractivity contribution is 0.0602. The van der Waals surface area contributed by atoms with E-state index in [0.717, 1.165) is 67.7 Å². The fourth-order valence-electron chi connectivity index (χ4n) is 8.81. The van der Waals surface area contributed by atoms with Crippen LogP contribution in [-0.2, 0) is 15.4 Å². The fraction of sp³-hybridized carbons (Fsp3) is 0.474. The molecule has 1 unspecified atom stereocenters. The molecular formula is C38H44ClF2N5O3S. The normalized spacial score (nSPS) is 22.3. The van der Waals surface area contributed by atoms with E-state index in [4.69, 9.17) is 16.6 Å². The number of hydrogen-bond acceptors (Lipinski definition) is 5. The van der Waals surface area contributed by atoms with E-state index in [1.165, 1.54) is 11.6 Å². The molecule has 7 rings (SSSR count). The van der Waals surface area contributed by atoms with Crippen LogP contribution in [0.4, 0.5) is 8.78 Å². The second kappa shape index (κ2) is 14.0. The van der Waals surface area contributed by atoms with Crippen LogP contribution < -0.4 is 4.72 Å². The number of likely N-dealkylation sites (tertiary alicyclic amines) is 1. The molecule has 2 bridgehead atoms. The zero-order valence-electron chi connectivity index (χ0n) is 28.5. The van der Waals surface area contributed by atoms with Crippen LogP contribution in [0, 0.1) is 18.6 Å². The molecule has 3 aromatic carbocycles. The van der Waals surface area contributed by atoms with Crippen molar-refractivity contribution in [2.45, 2.75) is 93.7 Å². The van der Waals surface area contributed by atoms with Crippen molar-refractivity contribution < 1.29 is 22.0 Å². The predicted octanol–water partition coefficient (Wildman–Crippen LogP) is 7.40. The molecule has 0 saturated carbocycles. The minimum atomic E-state index is -4.03. The van der Waals surface area contributed by atoms with Gasteiger partial charge >= 0.3 is 0 Å². The van der Waals surface area contributed by atoms with E-state index in [1.54, 1.807) is 17.0 Å². The topological polar surface area (TPSA) is 87.5 Å². The van der Waals surface area contributed by atoms with Gasteiger partial charge in [-0.3, -0.25) is 9.69 Å². The van der Waals surface area contributed by atoms with E-state index in [1.807, 2.05) is 19.1 Å². The maximum absolute atomic E-state index is 15.2. The lowest BCUT2D eigenvalue weighted by atomic mass is 9.70. The first kappa shape index (κ1) is 35.0. The minimum absolute atomic E-state index is 0.189. The molecule has 8 nitrogen and oxygen atoms in total. The van der Waals surface area contributed by atoms with Crippen LogP contribution in [0.15, 0.2) is 65.6 Å². The number of benzene rings is 3. The highest BCUT2D eigenvalue weighted by molar-refractivity contribution is 7.89. The number of carbonyl (C=O) groups excluding carboxylic acids is 1. The second-order valence-corrected chi connectivity index (χ2v) is 16.4. The molecule has 12 heteroatoms. The molecular weight excluding hydrogens is 680 g/mol. The van der Waals surface area contributed by atoms with Gasteiger partial charge in [-0.05, 0) is 112 Å². The maximum atomic E-state index is 15.2. The molecule has 50 heavy (non-hydrogen) atoms. The van der Waals surface area contributed by atoms with Gasteiger partial charge in [-0.2, -0.15) is 0 Å². The number of sulfonamides is 1. The fourth-order valence-corrected chi connectivity index (χ4v) is 10.5. The molecule has 1 N–H and O–H groups in total. The first-order valence-corrected chi connectivity index (χ1v) is 19.6. The summed E-state index contributed by atoms with van der Waals surface area (Å²) in [4.78, 5) is 22.5. The van der Waals surface area contributed by atoms with Crippen LogP contribution in [0.3, 0.4) is 0 Å². The summed E-state index contributed by atoms with van der Waals surface area (Å²) in [5.74, 6) is -0.687. The van der Waals surface area contributed by atoms with Crippen LogP contribution >= 0.6 is 11.6 Å². The number of para-hydroxylation sites is 2. The molecule has 0 aliphatic carbocycles. The van der Waals surface area contributed by atoms with Crippen molar-refractivity contribution in [3.63, 3.8) is 0 Å². The Morgan fingerprint density at radius 2 is 1.72 bits per heavy atom. The monoisotopic (exact) mass is 723 g/mol. The number of rotatable bonds is 10. The summed E-state index contributed by atoms with van der Waals surface area (Å²) in [6.45, 7) is 5.63. The van der Waals surface area contributed by atoms with Crippen LogP contribution in [0.5, 0.6) is 0 Å². The number of nitrogens with zero attached hydrogens (tertiary/aromatic N) is 4. The van der Waals surface area contributed by atoms with Gasteiger partial charge < -0.3 is 9.47 Å². The van der Waals surface area contributed by atoms with Crippen molar-refractivity contribution in [1.82, 2.24) is 24.1 Å². The van der Waals surface area contributed by atoms with Gasteiger partial charge in [0, 0.05) is 37.8 Å². The Morgan fingerprint density at radius 3 is 2.42 bits per heavy atom. The summed E-state index contributed by atoms with van der Waals surface area (Å²) in [5.41, 5.74) is 2.45. The average Bonchev–Trinajstić information content (AvgIpc) is 3.56. The van der Waals surface area contributed by atoms with E-state index in [9.17, 15) is 17.6 Å². The largest absolute Gasteiger partial charge is 0.338 e. The number of carbonyl (C=O) groups is 1. The smallest absolute Gasteiger partial charge is 0.256 e. The third-order valence-electron chi connectivity index (χ3n) is 11.4. The van der Waals surface area contributed by atoms with E-state index in [2.05, 4.69) is 39.3 Å². The van der Waals surface area contributed by atoms with Crippen LogP contribution in [-0.4, -0.2) is 71.9 Å². The minimum Gasteiger partial charge on any atom is -0.338 e. The Kier molecular flexibility index (Phi) is 9.79. The predicted molar refractivity (Wildman–Crippen MR) is 191 cm³/mol. The molecule has 4 aromatic rings. The zero-order chi connectivity index (χ0) is 35.2. The standard InChI is InChI=1S/C38H44ClF2N5O3S/c1-3-16-42-50(48,49)36-23-31(33(41)24-32(36)39)37(47)44-17-13-38(14-18-44,26-7-6-8-27(40)20-26)15-19-45-28-11-12-29(45)22-30(21-28)46-25(2)43-34-9-4-5-10-35(34)46/h4-10,20,23-24,28-30,42H,3,11-19,21-22H2,1-2H3/t28-,29+,30?.